The SMILES string of the molecule is CN(C)CCCc1cn(C(C(=O)OC(C)(C)C)c2cccc(Br)c2)c(=O)cc1C(F)(F)F. The Morgan fingerprint density at radius 2 is 1.84 bits per heavy atom. The molecule has 0 saturated heterocycles. The van der Waals surface area contributed by atoms with Gasteiger partial charge in [0.15, 0.2) is 6.04 Å². The van der Waals surface area contributed by atoms with Crippen LogP contribution in [-0.2, 0) is 22.1 Å². The van der Waals surface area contributed by atoms with Crippen LogP contribution in [0.15, 0.2) is 45.8 Å². The van der Waals surface area contributed by atoms with Crippen molar-refractivity contribution < 1.29 is 22.7 Å². The molecule has 1 unspecified atom stereocenters. The number of benzene rings is 1. The summed E-state index contributed by atoms with van der Waals surface area (Å²) in [6.07, 6.45) is -2.96. The molecule has 1 heterocycles. The smallest absolute Gasteiger partial charge is 0.416 e. The standard InChI is InChI=1S/C23H28BrF3N2O3/c1-22(2,3)32-21(31)20(15-8-6-10-17(24)12-15)29-14-16(9-7-11-28(4)5)18(13-19(29)30)23(25,26)27/h6,8,10,12-14,20H,7,9,11H2,1-5H3. The van der Waals surface area contributed by atoms with Crippen molar-refractivity contribution in [1.29, 1.82) is 0 Å². The van der Waals surface area contributed by atoms with Crippen molar-refractivity contribution in [2.45, 2.75) is 51.4 Å². The maximum absolute atomic E-state index is 13.6. The van der Waals surface area contributed by atoms with Crippen LogP contribution < -0.4 is 5.56 Å². The van der Waals surface area contributed by atoms with E-state index in [0.717, 1.165) is 10.8 Å². The Bertz CT molecular complexity index is 1010. The quantitative estimate of drug-likeness (QED) is 0.483. The second-order valence-electron chi connectivity index (χ2n) is 8.85. The van der Waals surface area contributed by atoms with Crippen molar-refractivity contribution >= 4 is 21.9 Å². The highest BCUT2D eigenvalue weighted by Gasteiger charge is 2.36. The number of hydrogen-bond donors (Lipinski definition) is 0. The van der Waals surface area contributed by atoms with Gasteiger partial charge < -0.3 is 9.64 Å². The summed E-state index contributed by atoms with van der Waals surface area (Å²) in [6, 6.07) is 6.05. The maximum Gasteiger partial charge on any atom is 0.416 e. The number of esters is 1. The van der Waals surface area contributed by atoms with Gasteiger partial charge in [0.25, 0.3) is 5.56 Å². The number of pyridine rings is 1. The molecule has 32 heavy (non-hydrogen) atoms. The van der Waals surface area contributed by atoms with Gasteiger partial charge in [-0.05, 0) is 77.5 Å². The van der Waals surface area contributed by atoms with Crippen LogP contribution in [-0.4, -0.2) is 41.7 Å². The lowest BCUT2D eigenvalue weighted by molar-refractivity contribution is -0.157. The number of carbonyl (C=O) groups is 1. The van der Waals surface area contributed by atoms with Gasteiger partial charge >= 0.3 is 12.1 Å². The van der Waals surface area contributed by atoms with Crippen LogP contribution >= 0.6 is 15.9 Å². The summed E-state index contributed by atoms with van der Waals surface area (Å²) in [7, 11) is 3.66. The van der Waals surface area contributed by atoms with Crippen molar-refractivity contribution in [2.24, 2.45) is 0 Å². The van der Waals surface area contributed by atoms with Crippen LogP contribution in [0.1, 0.15) is 49.9 Å². The van der Waals surface area contributed by atoms with Gasteiger partial charge in [0, 0.05) is 16.7 Å². The Hall–Kier alpha value is -2.13. The molecule has 9 heteroatoms. The molecule has 1 atom stereocenters. The molecule has 0 bridgehead atoms. The molecular formula is C23H28BrF3N2O3. The van der Waals surface area contributed by atoms with Gasteiger partial charge in [0.05, 0.1) is 5.56 Å². The zero-order valence-corrected chi connectivity index (χ0v) is 20.4. The number of halogens is 4. The van der Waals surface area contributed by atoms with Crippen LogP contribution in [0.25, 0.3) is 0 Å². The Morgan fingerprint density at radius 3 is 2.38 bits per heavy atom. The lowest BCUT2D eigenvalue weighted by atomic mass is 10.0. The van der Waals surface area contributed by atoms with Crippen LogP contribution in [0.2, 0.25) is 0 Å². The van der Waals surface area contributed by atoms with E-state index in [0.29, 0.717) is 29.1 Å². The van der Waals surface area contributed by atoms with Crippen LogP contribution in [0.5, 0.6) is 0 Å². The van der Waals surface area contributed by atoms with Crippen molar-refractivity contribution in [2.75, 3.05) is 20.6 Å². The fraction of sp³-hybridized carbons (Fsp3) is 0.478. The number of aromatic nitrogens is 1. The molecule has 0 aliphatic rings. The molecule has 0 amide bonds. The fourth-order valence-electron chi connectivity index (χ4n) is 3.29. The van der Waals surface area contributed by atoms with E-state index < -0.39 is 34.9 Å². The third-order valence-corrected chi connectivity index (χ3v) is 5.09. The number of nitrogens with zero attached hydrogens (tertiary/aromatic N) is 2. The molecule has 0 saturated carbocycles. The van der Waals surface area contributed by atoms with E-state index in [9.17, 15) is 22.8 Å². The minimum Gasteiger partial charge on any atom is -0.458 e. The van der Waals surface area contributed by atoms with Gasteiger partial charge in [0.2, 0.25) is 0 Å². The molecule has 0 aliphatic carbocycles. The number of carbonyl (C=O) groups excluding carboxylic acids is 1. The van der Waals surface area contributed by atoms with E-state index >= 15 is 0 Å². The molecule has 1 aromatic heterocycles. The van der Waals surface area contributed by atoms with E-state index in [1.807, 2.05) is 19.0 Å². The molecule has 0 aliphatic heterocycles. The summed E-state index contributed by atoms with van der Waals surface area (Å²) in [5, 5.41) is 0. The van der Waals surface area contributed by atoms with Gasteiger partial charge in [-0.25, -0.2) is 4.79 Å². The molecule has 0 fully saturated rings. The number of ether oxygens (including phenoxy) is 1. The molecule has 0 radical (unpaired) electrons. The number of hydrogen-bond acceptors (Lipinski definition) is 4. The minimum atomic E-state index is -4.68. The molecule has 1 aromatic carbocycles. The van der Waals surface area contributed by atoms with Gasteiger partial charge in [0.1, 0.15) is 5.60 Å². The lowest BCUT2D eigenvalue weighted by Crippen LogP contribution is -2.36. The normalized spacial score (nSPS) is 13.3. The summed E-state index contributed by atoms with van der Waals surface area (Å²) in [5.41, 5.74) is -2.36. The number of rotatable bonds is 7. The van der Waals surface area contributed by atoms with E-state index in [-0.39, 0.29) is 12.0 Å². The highest BCUT2D eigenvalue weighted by atomic mass is 79.9. The predicted molar refractivity (Wildman–Crippen MR) is 121 cm³/mol. The topological polar surface area (TPSA) is 51.5 Å². The maximum atomic E-state index is 13.6. The van der Waals surface area contributed by atoms with Crippen LogP contribution in [0.3, 0.4) is 0 Å². The number of aryl methyl sites for hydroxylation is 1. The summed E-state index contributed by atoms with van der Waals surface area (Å²) in [5.74, 6) is -0.725. The zero-order valence-electron chi connectivity index (χ0n) is 18.8. The first-order valence-electron chi connectivity index (χ1n) is 10.1. The molecule has 0 N–H and O–H groups in total. The van der Waals surface area contributed by atoms with Crippen molar-refractivity contribution in [1.82, 2.24) is 9.47 Å². The average molecular weight is 517 g/mol. The molecule has 5 nitrogen and oxygen atoms in total. The number of alkyl halides is 3. The molecule has 2 aromatic rings. The molecule has 176 valence electrons. The van der Waals surface area contributed by atoms with Crippen molar-refractivity contribution in [3.8, 4) is 0 Å². The van der Waals surface area contributed by atoms with Crippen LogP contribution in [0.4, 0.5) is 13.2 Å². The van der Waals surface area contributed by atoms with E-state index in [1.54, 1.807) is 45.0 Å². The molecule has 0 spiro atoms. The highest BCUT2D eigenvalue weighted by Crippen LogP contribution is 2.33. The van der Waals surface area contributed by atoms with Gasteiger partial charge in [-0.3, -0.25) is 9.36 Å². The zero-order chi connectivity index (χ0) is 24.3. The largest absolute Gasteiger partial charge is 0.458 e. The lowest BCUT2D eigenvalue weighted by Gasteiger charge is -2.26. The first kappa shape index (κ1) is 26.1. The Balaban J connectivity index is 2.66. The summed E-state index contributed by atoms with van der Waals surface area (Å²) < 4.78 is 48.2. The van der Waals surface area contributed by atoms with Crippen molar-refractivity contribution in [3.63, 3.8) is 0 Å². The van der Waals surface area contributed by atoms with E-state index in [2.05, 4.69) is 15.9 Å². The second kappa shape index (κ2) is 10.2. The minimum absolute atomic E-state index is 0.0393. The van der Waals surface area contributed by atoms with E-state index in [4.69, 9.17) is 4.74 Å². The van der Waals surface area contributed by atoms with Crippen molar-refractivity contribution in [3.05, 3.63) is 68.0 Å². The van der Waals surface area contributed by atoms with Gasteiger partial charge in [-0.2, -0.15) is 13.2 Å². The third-order valence-electron chi connectivity index (χ3n) is 4.59. The summed E-state index contributed by atoms with van der Waals surface area (Å²) in [4.78, 5) is 27.8. The monoisotopic (exact) mass is 516 g/mol. The third kappa shape index (κ3) is 7.20. The summed E-state index contributed by atoms with van der Waals surface area (Å²) >= 11 is 3.34. The highest BCUT2D eigenvalue weighted by molar-refractivity contribution is 9.10. The van der Waals surface area contributed by atoms with E-state index in [1.165, 1.54) is 0 Å². The Morgan fingerprint density at radius 1 is 1.19 bits per heavy atom. The Labute approximate surface area is 194 Å². The van der Waals surface area contributed by atoms with Gasteiger partial charge in [-0.15, -0.1) is 0 Å². The predicted octanol–water partition coefficient (Wildman–Crippen LogP) is 5.05. The molecule has 2 rings (SSSR count). The van der Waals surface area contributed by atoms with Gasteiger partial charge in [-0.1, -0.05) is 28.1 Å². The molecular weight excluding hydrogens is 489 g/mol. The van der Waals surface area contributed by atoms with Crippen LogP contribution in [0, 0.1) is 0 Å². The Kier molecular flexibility index (Phi) is 8.33. The first-order chi connectivity index (χ1) is 14.7. The second-order valence-corrected chi connectivity index (χ2v) is 9.77. The fourth-order valence-corrected chi connectivity index (χ4v) is 3.70. The first-order valence-corrected chi connectivity index (χ1v) is 10.9. The average Bonchev–Trinajstić information content (AvgIpc) is 2.61. The summed E-state index contributed by atoms with van der Waals surface area (Å²) in [6.45, 7) is 5.64.